The van der Waals surface area contributed by atoms with E-state index in [-0.39, 0.29) is 16.8 Å². The highest BCUT2D eigenvalue weighted by atomic mass is 32.2. The summed E-state index contributed by atoms with van der Waals surface area (Å²) in [7, 11) is -4.42. The number of carbonyl (C=O) groups is 1. The molecule has 1 aliphatic rings. The standard InChI is InChI=1S/C13H7NO6S/c15-13-11-5-7(14(16)17)1-3-9(11)10-4-2-8(6-12(10)13)21(18,19)20/h1-6H,(H,18,19,20). The van der Waals surface area contributed by atoms with E-state index in [0.29, 0.717) is 11.1 Å². The molecule has 0 spiro atoms. The molecule has 2 aromatic carbocycles. The van der Waals surface area contributed by atoms with Gasteiger partial charge >= 0.3 is 0 Å². The van der Waals surface area contributed by atoms with Crippen molar-refractivity contribution in [1.29, 1.82) is 0 Å². The van der Waals surface area contributed by atoms with Crippen LogP contribution in [-0.4, -0.2) is 23.7 Å². The fraction of sp³-hybridized carbons (Fsp3) is 0. The molecule has 7 nitrogen and oxygen atoms in total. The number of nitrogens with zero attached hydrogens (tertiary/aromatic N) is 1. The molecule has 0 fully saturated rings. The molecule has 0 radical (unpaired) electrons. The van der Waals surface area contributed by atoms with E-state index in [0.717, 1.165) is 12.1 Å². The molecule has 1 N–H and O–H groups in total. The molecule has 0 saturated carbocycles. The third-order valence-electron chi connectivity index (χ3n) is 3.28. The van der Waals surface area contributed by atoms with Crippen molar-refractivity contribution in [3.63, 3.8) is 0 Å². The number of rotatable bonds is 2. The molecular formula is C13H7NO6S. The second-order valence-electron chi connectivity index (χ2n) is 4.50. The minimum absolute atomic E-state index is 0.0978. The molecule has 0 aliphatic heterocycles. The number of benzene rings is 2. The first-order chi connectivity index (χ1) is 9.79. The van der Waals surface area contributed by atoms with Gasteiger partial charge in [-0.2, -0.15) is 8.42 Å². The number of nitro groups is 1. The Labute approximate surface area is 118 Å². The lowest BCUT2D eigenvalue weighted by atomic mass is 10.1. The minimum Gasteiger partial charge on any atom is -0.289 e. The van der Waals surface area contributed by atoms with Crippen LogP contribution < -0.4 is 0 Å². The van der Waals surface area contributed by atoms with Crippen molar-refractivity contribution < 1.29 is 22.7 Å². The molecule has 3 rings (SSSR count). The number of nitro benzene ring substituents is 1. The van der Waals surface area contributed by atoms with Gasteiger partial charge in [-0.1, -0.05) is 6.07 Å². The molecule has 21 heavy (non-hydrogen) atoms. The van der Waals surface area contributed by atoms with E-state index in [1.165, 1.54) is 24.3 Å². The smallest absolute Gasteiger partial charge is 0.289 e. The van der Waals surface area contributed by atoms with E-state index >= 15 is 0 Å². The molecule has 0 amide bonds. The lowest BCUT2D eigenvalue weighted by Gasteiger charge is -2.01. The molecule has 0 unspecified atom stereocenters. The summed E-state index contributed by atoms with van der Waals surface area (Å²) in [5.74, 6) is -0.505. The summed E-state index contributed by atoms with van der Waals surface area (Å²) in [6.07, 6.45) is 0. The predicted molar refractivity (Wildman–Crippen MR) is 71.8 cm³/mol. The van der Waals surface area contributed by atoms with Gasteiger partial charge in [-0.25, -0.2) is 0 Å². The molecule has 0 heterocycles. The number of hydrogen-bond acceptors (Lipinski definition) is 5. The van der Waals surface area contributed by atoms with E-state index < -0.39 is 25.7 Å². The van der Waals surface area contributed by atoms with Crippen LogP contribution in [0.4, 0.5) is 5.69 Å². The molecular weight excluding hydrogens is 298 g/mol. The molecule has 1 aliphatic carbocycles. The summed E-state index contributed by atoms with van der Waals surface area (Å²) >= 11 is 0. The predicted octanol–water partition coefficient (Wildman–Crippen LogP) is 2.05. The molecule has 8 heteroatoms. The maximum Gasteiger partial charge on any atom is 0.294 e. The van der Waals surface area contributed by atoms with Gasteiger partial charge in [0, 0.05) is 23.3 Å². The van der Waals surface area contributed by atoms with Gasteiger partial charge in [-0.15, -0.1) is 0 Å². The van der Waals surface area contributed by atoms with Crippen molar-refractivity contribution in [3.8, 4) is 11.1 Å². The van der Waals surface area contributed by atoms with E-state index in [9.17, 15) is 23.3 Å². The first-order valence-electron chi connectivity index (χ1n) is 5.74. The maximum absolute atomic E-state index is 12.2. The molecule has 2 aromatic rings. The molecule has 106 valence electrons. The van der Waals surface area contributed by atoms with Crippen LogP contribution in [0, 0.1) is 10.1 Å². The zero-order chi connectivity index (χ0) is 15.4. The van der Waals surface area contributed by atoms with Crippen molar-refractivity contribution in [1.82, 2.24) is 0 Å². The monoisotopic (exact) mass is 305 g/mol. The SMILES string of the molecule is O=C1c2cc([N+](=O)[O-])ccc2-c2ccc(S(=O)(=O)O)cc21. The van der Waals surface area contributed by atoms with E-state index in [4.69, 9.17) is 4.55 Å². The lowest BCUT2D eigenvalue weighted by molar-refractivity contribution is -0.384. The lowest BCUT2D eigenvalue weighted by Crippen LogP contribution is -2.01. The molecule has 0 atom stereocenters. The second kappa shape index (κ2) is 4.21. The van der Waals surface area contributed by atoms with E-state index in [1.54, 1.807) is 0 Å². The van der Waals surface area contributed by atoms with Crippen LogP contribution in [0.1, 0.15) is 15.9 Å². The highest BCUT2D eigenvalue weighted by molar-refractivity contribution is 7.85. The zero-order valence-corrected chi connectivity index (χ0v) is 11.1. The molecule has 0 aromatic heterocycles. The van der Waals surface area contributed by atoms with Crippen molar-refractivity contribution in [2.45, 2.75) is 4.90 Å². The van der Waals surface area contributed by atoms with Gasteiger partial charge in [0.15, 0.2) is 5.78 Å². The van der Waals surface area contributed by atoms with E-state index in [2.05, 4.69) is 0 Å². The summed E-state index contributed by atoms with van der Waals surface area (Å²) in [4.78, 5) is 22.0. The van der Waals surface area contributed by atoms with Crippen LogP contribution in [0.2, 0.25) is 0 Å². The Kier molecular flexibility index (Phi) is 2.68. The van der Waals surface area contributed by atoms with Crippen molar-refractivity contribution in [2.75, 3.05) is 0 Å². The summed E-state index contributed by atoms with van der Waals surface area (Å²) in [5, 5.41) is 10.7. The third-order valence-corrected chi connectivity index (χ3v) is 4.13. The normalized spacial score (nSPS) is 12.9. The van der Waals surface area contributed by atoms with Crippen LogP contribution >= 0.6 is 0 Å². The first-order valence-corrected chi connectivity index (χ1v) is 7.18. The van der Waals surface area contributed by atoms with Gasteiger partial charge in [-0.05, 0) is 29.3 Å². The van der Waals surface area contributed by atoms with Gasteiger partial charge in [0.25, 0.3) is 15.8 Å². The Morgan fingerprint density at radius 2 is 1.52 bits per heavy atom. The average molecular weight is 305 g/mol. The minimum atomic E-state index is -4.42. The zero-order valence-electron chi connectivity index (χ0n) is 10.3. The number of fused-ring (bicyclic) bond motifs is 3. The maximum atomic E-state index is 12.2. The Bertz CT molecular complexity index is 916. The van der Waals surface area contributed by atoms with Crippen LogP contribution in [0.15, 0.2) is 41.3 Å². The summed E-state index contributed by atoms with van der Waals surface area (Å²) in [5.41, 5.74) is 1.01. The van der Waals surface area contributed by atoms with Crippen molar-refractivity contribution in [2.24, 2.45) is 0 Å². The van der Waals surface area contributed by atoms with Crippen molar-refractivity contribution >= 4 is 21.6 Å². The first kappa shape index (κ1) is 13.4. The third kappa shape index (κ3) is 2.01. The van der Waals surface area contributed by atoms with Gasteiger partial charge in [0.05, 0.1) is 9.82 Å². The highest BCUT2D eigenvalue weighted by Crippen LogP contribution is 2.39. The van der Waals surface area contributed by atoms with E-state index in [1.807, 2.05) is 0 Å². The van der Waals surface area contributed by atoms with Gasteiger partial charge in [0.1, 0.15) is 0 Å². The number of non-ortho nitro benzene ring substituents is 1. The Morgan fingerprint density at radius 1 is 0.952 bits per heavy atom. The second-order valence-corrected chi connectivity index (χ2v) is 5.92. The fourth-order valence-corrected chi connectivity index (χ4v) is 2.83. The van der Waals surface area contributed by atoms with Crippen LogP contribution in [0.3, 0.4) is 0 Å². The van der Waals surface area contributed by atoms with Crippen LogP contribution in [-0.2, 0) is 10.1 Å². The average Bonchev–Trinajstić information content (AvgIpc) is 2.70. The quantitative estimate of drug-likeness (QED) is 0.440. The topological polar surface area (TPSA) is 115 Å². The highest BCUT2D eigenvalue weighted by Gasteiger charge is 2.29. The van der Waals surface area contributed by atoms with Gasteiger partial charge < -0.3 is 0 Å². The number of carbonyl (C=O) groups excluding carboxylic acids is 1. The summed E-state index contributed by atoms with van der Waals surface area (Å²) < 4.78 is 31.2. The number of hydrogen-bond donors (Lipinski definition) is 1. The molecule has 0 saturated heterocycles. The fourth-order valence-electron chi connectivity index (χ4n) is 2.32. The van der Waals surface area contributed by atoms with Crippen LogP contribution in [0.5, 0.6) is 0 Å². The summed E-state index contributed by atoms with van der Waals surface area (Å²) in [6, 6.07) is 7.53. The Balaban J connectivity index is 2.22. The number of ketones is 1. The van der Waals surface area contributed by atoms with Gasteiger partial charge in [0.2, 0.25) is 0 Å². The molecule has 0 bridgehead atoms. The summed E-state index contributed by atoms with van der Waals surface area (Å²) in [6.45, 7) is 0. The van der Waals surface area contributed by atoms with Gasteiger partial charge in [-0.3, -0.25) is 19.5 Å². The Morgan fingerprint density at radius 3 is 2.10 bits per heavy atom. The Hall–Kier alpha value is -2.58. The van der Waals surface area contributed by atoms with Crippen LogP contribution in [0.25, 0.3) is 11.1 Å². The van der Waals surface area contributed by atoms with Crippen molar-refractivity contribution in [3.05, 3.63) is 57.6 Å². The largest absolute Gasteiger partial charge is 0.294 e.